The second kappa shape index (κ2) is 8.35. The summed E-state index contributed by atoms with van der Waals surface area (Å²) in [5.74, 6) is -1.64. The molecule has 1 aromatic carbocycles. The standard InChI is InChI=1S/C16H21N3O.C4H4O4/c1-9(17)7-13-14-11-8-10(20-4)5-6-12(11)16(2,3)15(14)19-18-13;5-3(6)1-2-4(7)8/h5-6,8-9,13H,7,17H2,1-4H3;1-2H,(H,5,6)(H,7,8)/t9-,13?;/m0./s1. The van der Waals surface area contributed by atoms with E-state index >= 15 is 0 Å². The van der Waals surface area contributed by atoms with Crippen molar-refractivity contribution < 1.29 is 24.5 Å². The number of allylic oxidation sites excluding steroid dienone is 1. The van der Waals surface area contributed by atoms with Gasteiger partial charge in [0.05, 0.1) is 12.8 Å². The van der Waals surface area contributed by atoms with Crippen LogP contribution < -0.4 is 10.5 Å². The molecule has 0 saturated heterocycles. The number of nitrogens with zero attached hydrogens (tertiary/aromatic N) is 2. The van der Waals surface area contributed by atoms with Crippen molar-refractivity contribution in [2.75, 3.05) is 7.11 Å². The van der Waals surface area contributed by atoms with Gasteiger partial charge in [-0.25, -0.2) is 9.59 Å². The van der Waals surface area contributed by atoms with Crippen LogP contribution in [0.1, 0.15) is 38.3 Å². The molecule has 1 aromatic rings. The van der Waals surface area contributed by atoms with Crippen LogP contribution in [0.25, 0.3) is 5.57 Å². The van der Waals surface area contributed by atoms with Crippen molar-refractivity contribution in [1.29, 1.82) is 0 Å². The number of hydrogen-bond donors (Lipinski definition) is 3. The Bertz CT molecular complexity index is 853. The van der Waals surface area contributed by atoms with Gasteiger partial charge in [0, 0.05) is 29.2 Å². The lowest BCUT2D eigenvalue weighted by atomic mass is 9.85. The molecule has 2 aliphatic rings. The summed E-state index contributed by atoms with van der Waals surface area (Å²) in [4.78, 5) is 19.1. The molecule has 0 fully saturated rings. The van der Waals surface area contributed by atoms with Crippen LogP contribution in [0.4, 0.5) is 0 Å². The summed E-state index contributed by atoms with van der Waals surface area (Å²) in [6.07, 6.45) is 1.94. The van der Waals surface area contributed by atoms with Gasteiger partial charge in [-0.15, -0.1) is 0 Å². The largest absolute Gasteiger partial charge is 0.497 e. The first-order valence-electron chi connectivity index (χ1n) is 8.81. The molecule has 2 atom stereocenters. The number of nitrogens with two attached hydrogens (primary N) is 1. The van der Waals surface area contributed by atoms with Gasteiger partial charge in [-0.2, -0.15) is 10.2 Å². The summed E-state index contributed by atoms with van der Waals surface area (Å²) < 4.78 is 5.36. The maximum Gasteiger partial charge on any atom is 0.328 e. The number of rotatable bonds is 5. The molecule has 0 bridgehead atoms. The van der Waals surface area contributed by atoms with Crippen molar-refractivity contribution >= 4 is 17.5 Å². The highest BCUT2D eigenvalue weighted by atomic mass is 16.5. The molecular weight excluding hydrogens is 362 g/mol. The third-order valence-corrected chi connectivity index (χ3v) is 4.63. The van der Waals surface area contributed by atoms with Crippen molar-refractivity contribution in [1.82, 2.24) is 0 Å². The lowest BCUT2D eigenvalue weighted by Crippen LogP contribution is -2.21. The molecule has 0 saturated carbocycles. The quantitative estimate of drug-likeness (QED) is 0.665. The first-order valence-corrected chi connectivity index (χ1v) is 8.81. The minimum Gasteiger partial charge on any atom is -0.497 e. The van der Waals surface area contributed by atoms with Crippen molar-refractivity contribution in [3.05, 3.63) is 47.2 Å². The molecule has 0 aromatic heterocycles. The van der Waals surface area contributed by atoms with Crippen LogP contribution in [0.5, 0.6) is 5.75 Å². The minimum atomic E-state index is -1.26. The average Bonchev–Trinajstić information content (AvgIpc) is 3.12. The fourth-order valence-electron chi connectivity index (χ4n) is 3.37. The summed E-state index contributed by atoms with van der Waals surface area (Å²) in [5, 5.41) is 24.5. The summed E-state index contributed by atoms with van der Waals surface area (Å²) in [5.41, 5.74) is 10.7. The number of carboxylic acids is 2. The number of methoxy groups -OCH3 is 1. The third-order valence-electron chi connectivity index (χ3n) is 4.63. The highest BCUT2D eigenvalue weighted by Crippen LogP contribution is 2.52. The molecule has 1 aliphatic carbocycles. The Morgan fingerprint density at radius 3 is 2.39 bits per heavy atom. The van der Waals surface area contributed by atoms with Gasteiger partial charge in [0.15, 0.2) is 0 Å². The Morgan fingerprint density at radius 2 is 1.89 bits per heavy atom. The molecule has 150 valence electrons. The van der Waals surface area contributed by atoms with E-state index in [0.29, 0.717) is 12.2 Å². The second-order valence-electron chi connectivity index (χ2n) is 7.25. The zero-order valence-corrected chi connectivity index (χ0v) is 16.3. The fraction of sp³-hybridized carbons (Fsp3) is 0.400. The molecule has 28 heavy (non-hydrogen) atoms. The van der Waals surface area contributed by atoms with E-state index in [9.17, 15) is 9.59 Å². The highest BCUT2D eigenvalue weighted by molar-refractivity contribution is 5.89. The van der Waals surface area contributed by atoms with Gasteiger partial charge in [-0.05, 0) is 36.6 Å². The van der Waals surface area contributed by atoms with E-state index in [-0.39, 0.29) is 17.5 Å². The lowest BCUT2D eigenvalue weighted by Gasteiger charge is -2.21. The van der Waals surface area contributed by atoms with Crippen LogP contribution in [-0.2, 0) is 15.0 Å². The first-order chi connectivity index (χ1) is 13.1. The summed E-state index contributed by atoms with van der Waals surface area (Å²) in [6.45, 7) is 6.42. The van der Waals surface area contributed by atoms with Gasteiger partial charge >= 0.3 is 11.9 Å². The molecule has 4 N–H and O–H groups in total. The monoisotopic (exact) mass is 387 g/mol. The predicted molar refractivity (Wildman–Crippen MR) is 104 cm³/mol. The number of aliphatic carboxylic acids is 2. The molecule has 3 rings (SSSR count). The topological polar surface area (TPSA) is 135 Å². The van der Waals surface area contributed by atoms with Crippen molar-refractivity contribution in [3.8, 4) is 5.75 Å². The number of benzene rings is 1. The third kappa shape index (κ3) is 4.45. The number of azo groups is 1. The van der Waals surface area contributed by atoms with E-state index in [0.717, 1.165) is 17.9 Å². The SMILES string of the molecule is COc1ccc2c(c1)C1=C(N=NC1C[C@H](C)N)C2(C)C.O=C(O)C=CC(=O)O. The van der Waals surface area contributed by atoms with Crippen LogP contribution in [0.15, 0.2) is 46.3 Å². The Balaban J connectivity index is 0.000000300. The van der Waals surface area contributed by atoms with E-state index in [1.807, 2.05) is 13.0 Å². The van der Waals surface area contributed by atoms with Crippen LogP contribution in [0.3, 0.4) is 0 Å². The predicted octanol–water partition coefficient (Wildman–Crippen LogP) is 2.98. The maximum atomic E-state index is 9.55. The summed E-state index contributed by atoms with van der Waals surface area (Å²) in [7, 11) is 1.69. The van der Waals surface area contributed by atoms with Crippen LogP contribution in [-0.4, -0.2) is 41.3 Å². The molecule has 0 radical (unpaired) electrons. The number of carbonyl (C=O) groups is 2. The molecule has 0 amide bonds. The first kappa shape index (κ1) is 21.3. The van der Waals surface area contributed by atoms with Crippen molar-refractivity contribution in [3.63, 3.8) is 0 Å². The molecule has 8 nitrogen and oxygen atoms in total. The van der Waals surface area contributed by atoms with Gasteiger partial charge in [0.25, 0.3) is 0 Å². The number of hydrogen-bond acceptors (Lipinski definition) is 6. The molecule has 8 heteroatoms. The normalized spacial score (nSPS) is 19.7. The lowest BCUT2D eigenvalue weighted by molar-refractivity contribution is -0.134. The molecule has 0 spiro atoms. The zero-order valence-electron chi connectivity index (χ0n) is 16.3. The van der Waals surface area contributed by atoms with Gasteiger partial charge < -0.3 is 20.7 Å². The van der Waals surface area contributed by atoms with Crippen LogP contribution in [0, 0.1) is 0 Å². The minimum absolute atomic E-state index is 0.0811. The average molecular weight is 387 g/mol. The zero-order chi connectivity index (χ0) is 21.1. The van der Waals surface area contributed by atoms with E-state index in [4.69, 9.17) is 20.7 Å². The van der Waals surface area contributed by atoms with Crippen molar-refractivity contribution in [2.24, 2.45) is 16.0 Å². The Kier molecular flexibility index (Phi) is 6.35. The second-order valence-corrected chi connectivity index (χ2v) is 7.25. The summed E-state index contributed by atoms with van der Waals surface area (Å²) in [6, 6.07) is 6.45. The van der Waals surface area contributed by atoms with E-state index in [1.54, 1.807) is 7.11 Å². The molecule has 1 unspecified atom stereocenters. The number of fused-ring (bicyclic) bond motifs is 2. The van der Waals surface area contributed by atoms with Gasteiger partial charge in [-0.3, -0.25) is 0 Å². The van der Waals surface area contributed by atoms with E-state index in [1.165, 1.54) is 16.7 Å². The molecular formula is C20H25N3O5. The molecule has 1 heterocycles. The molecule has 1 aliphatic heterocycles. The van der Waals surface area contributed by atoms with Crippen LogP contribution >= 0.6 is 0 Å². The number of carboxylic acid groups (broad SMARTS) is 2. The fourth-order valence-corrected chi connectivity index (χ4v) is 3.37. The smallest absolute Gasteiger partial charge is 0.328 e. The Labute approximate surface area is 163 Å². The van der Waals surface area contributed by atoms with Crippen LogP contribution in [0.2, 0.25) is 0 Å². The maximum absolute atomic E-state index is 9.55. The highest BCUT2D eigenvalue weighted by Gasteiger charge is 2.43. The van der Waals surface area contributed by atoms with E-state index < -0.39 is 11.9 Å². The Hall–Kier alpha value is -3.00. The van der Waals surface area contributed by atoms with Crippen molar-refractivity contribution in [2.45, 2.75) is 44.7 Å². The number of ether oxygens (including phenoxy) is 1. The van der Waals surface area contributed by atoms with E-state index in [2.05, 4.69) is 36.2 Å². The van der Waals surface area contributed by atoms with Gasteiger partial charge in [-0.1, -0.05) is 19.9 Å². The van der Waals surface area contributed by atoms with Gasteiger partial charge in [0.1, 0.15) is 11.8 Å². The van der Waals surface area contributed by atoms with Gasteiger partial charge in [0.2, 0.25) is 0 Å². The summed E-state index contributed by atoms with van der Waals surface area (Å²) >= 11 is 0. The Morgan fingerprint density at radius 1 is 1.29 bits per heavy atom.